The van der Waals surface area contributed by atoms with E-state index in [1.807, 2.05) is 0 Å². The van der Waals surface area contributed by atoms with Crippen LogP contribution in [0.3, 0.4) is 0 Å². The van der Waals surface area contributed by atoms with Gasteiger partial charge in [0.15, 0.2) is 0 Å². The normalized spacial score (nSPS) is 11.7. The maximum atomic E-state index is 10.9. The van der Waals surface area contributed by atoms with Crippen molar-refractivity contribution in [3.8, 4) is 17.4 Å². The highest BCUT2D eigenvalue weighted by Crippen LogP contribution is 2.35. The minimum Gasteiger partial charge on any atom is -0.744 e. The highest BCUT2D eigenvalue weighted by Gasteiger charge is 2.09. The van der Waals surface area contributed by atoms with Gasteiger partial charge in [-0.1, -0.05) is 23.2 Å². The number of aromatic hydroxyl groups is 1. The summed E-state index contributed by atoms with van der Waals surface area (Å²) in [5.74, 6) is 0.246. The molecule has 2 aromatic carbocycles. The molecule has 8 nitrogen and oxygen atoms in total. The van der Waals surface area contributed by atoms with Gasteiger partial charge < -0.3 is 14.4 Å². The quantitative estimate of drug-likeness (QED) is 0.430. The lowest BCUT2D eigenvalue weighted by atomic mass is 10.3. The number of aromatic nitrogens is 1. The first-order valence-corrected chi connectivity index (χ1v) is 9.68. The van der Waals surface area contributed by atoms with Gasteiger partial charge in [-0.05, 0) is 42.5 Å². The number of azo groups is 1. The maximum Gasteiger partial charge on any atom is 0.238 e. The van der Waals surface area contributed by atoms with Crippen LogP contribution in [0.15, 0.2) is 69.9 Å². The second kappa shape index (κ2) is 8.11. The Morgan fingerprint density at radius 1 is 1.04 bits per heavy atom. The van der Waals surface area contributed by atoms with Crippen LogP contribution in [0.2, 0.25) is 10.0 Å². The van der Waals surface area contributed by atoms with E-state index in [1.165, 1.54) is 42.6 Å². The number of phenolic OH excluding ortho intramolecular Hbond substituents is 1. The molecule has 0 unspecified atom stereocenters. The van der Waals surface area contributed by atoms with Gasteiger partial charge >= 0.3 is 0 Å². The van der Waals surface area contributed by atoms with Gasteiger partial charge in [0.2, 0.25) is 5.88 Å². The summed E-state index contributed by atoms with van der Waals surface area (Å²) in [6, 6.07) is 10.6. The van der Waals surface area contributed by atoms with Gasteiger partial charge in [0.05, 0.1) is 15.6 Å². The van der Waals surface area contributed by atoms with Gasteiger partial charge in [-0.25, -0.2) is 13.4 Å². The average molecular weight is 439 g/mol. The number of benzene rings is 2. The lowest BCUT2D eigenvalue weighted by Gasteiger charge is -2.08. The maximum absolute atomic E-state index is 10.9. The number of pyridine rings is 1. The Balaban J connectivity index is 1.82. The van der Waals surface area contributed by atoms with Crippen LogP contribution in [0.1, 0.15) is 0 Å². The highest BCUT2D eigenvalue weighted by molar-refractivity contribution is 7.85. The van der Waals surface area contributed by atoms with Crippen molar-refractivity contribution in [2.75, 3.05) is 0 Å². The molecular formula is C17H10Cl2N3O5S-. The summed E-state index contributed by atoms with van der Waals surface area (Å²) in [6.07, 6.45) is 1.37. The molecule has 0 aliphatic heterocycles. The second-order valence-corrected chi connectivity index (χ2v) is 7.56. The van der Waals surface area contributed by atoms with Crippen LogP contribution >= 0.6 is 23.2 Å². The van der Waals surface area contributed by atoms with E-state index >= 15 is 0 Å². The van der Waals surface area contributed by atoms with Crippen molar-refractivity contribution in [1.82, 2.24) is 4.98 Å². The number of rotatable bonds is 5. The number of hydrogen-bond acceptors (Lipinski definition) is 8. The molecule has 0 aliphatic rings. The molecule has 0 saturated heterocycles. The molecule has 0 fully saturated rings. The fourth-order valence-corrected chi connectivity index (χ4v) is 2.91. The van der Waals surface area contributed by atoms with Crippen LogP contribution in [0.5, 0.6) is 17.4 Å². The van der Waals surface area contributed by atoms with E-state index in [4.69, 9.17) is 27.9 Å². The van der Waals surface area contributed by atoms with Crippen LogP contribution in [-0.2, 0) is 10.1 Å². The van der Waals surface area contributed by atoms with Crippen LogP contribution < -0.4 is 4.74 Å². The Morgan fingerprint density at radius 3 is 2.39 bits per heavy atom. The van der Waals surface area contributed by atoms with E-state index in [1.54, 1.807) is 0 Å². The summed E-state index contributed by atoms with van der Waals surface area (Å²) in [5.41, 5.74) is 0.364. The zero-order valence-corrected chi connectivity index (χ0v) is 16.1. The first-order chi connectivity index (χ1) is 13.2. The average Bonchev–Trinajstić information content (AvgIpc) is 2.64. The van der Waals surface area contributed by atoms with E-state index < -0.39 is 10.1 Å². The van der Waals surface area contributed by atoms with Gasteiger partial charge in [0, 0.05) is 12.3 Å². The van der Waals surface area contributed by atoms with E-state index in [0.717, 1.165) is 12.1 Å². The molecule has 1 N–H and O–H groups in total. The van der Waals surface area contributed by atoms with Crippen LogP contribution in [0, 0.1) is 0 Å². The summed E-state index contributed by atoms with van der Waals surface area (Å²) in [4.78, 5) is 3.59. The zero-order valence-electron chi connectivity index (χ0n) is 13.8. The zero-order chi connectivity index (χ0) is 20.3. The SMILES string of the molecule is O=S(=O)([O-])c1ccc(N=Nc2cc(Oc3ncc(Cl)cc3Cl)ccc2O)cc1. The lowest BCUT2D eigenvalue weighted by molar-refractivity contribution is 0.455. The fraction of sp³-hybridized carbons (Fsp3) is 0. The van der Waals surface area contributed by atoms with E-state index in [2.05, 4.69) is 15.2 Å². The number of halogens is 2. The van der Waals surface area contributed by atoms with Crippen LogP contribution in [-0.4, -0.2) is 23.1 Å². The predicted molar refractivity (Wildman–Crippen MR) is 101 cm³/mol. The van der Waals surface area contributed by atoms with Crippen LogP contribution in [0.25, 0.3) is 0 Å². The molecule has 0 radical (unpaired) electrons. The number of phenols is 1. The van der Waals surface area contributed by atoms with Crippen molar-refractivity contribution in [2.45, 2.75) is 4.90 Å². The summed E-state index contributed by atoms with van der Waals surface area (Å²) in [7, 11) is -4.54. The number of nitrogens with zero attached hydrogens (tertiary/aromatic N) is 3. The van der Waals surface area contributed by atoms with Gasteiger partial charge in [-0.15, -0.1) is 5.11 Å². The molecule has 28 heavy (non-hydrogen) atoms. The first kappa shape index (κ1) is 20.0. The van der Waals surface area contributed by atoms with Gasteiger partial charge in [0.1, 0.15) is 32.3 Å². The van der Waals surface area contributed by atoms with Crippen molar-refractivity contribution in [3.63, 3.8) is 0 Å². The van der Waals surface area contributed by atoms with Crippen LogP contribution in [0.4, 0.5) is 11.4 Å². The van der Waals surface area contributed by atoms with Crippen molar-refractivity contribution >= 4 is 44.7 Å². The largest absolute Gasteiger partial charge is 0.744 e. The molecule has 0 spiro atoms. The molecule has 0 saturated carbocycles. The van der Waals surface area contributed by atoms with Crippen molar-refractivity contribution in [3.05, 3.63) is 64.8 Å². The van der Waals surface area contributed by atoms with Gasteiger partial charge in [0.25, 0.3) is 0 Å². The van der Waals surface area contributed by atoms with Gasteiger partial charge in [-0.2, -0.15) is 5.11 Å². The lowest BCUT2D eigenvalue weighted by Crippen LogP contribution is -1.97. The molecule has 11 heteroatoms. The standard InChI is InChI=1S/C17H11Cl2N3O5S/c18-10-7-14(19)17(20-9-10)27-12-3-6-16(23)15(8-12)22-21-11-1-4-13(5-2-11)28(24,25)26/h1-9,23H,(H,24,25,26)/p-1. The number of ether oxygens (including phenoxy) is 1. The Kier molecular flexibility index (Phi) is 5.80. The minimum absolute atomic E-state index is 0.0862. The Hall–Kier alpha value is -2.72. The highest BCUT2D eigenvalue weighted by atomic mass is 35.5. The molecule has 0 atom stereocenters. The summed E-state index contributed by atoms with van der Waals surface area (Å²) >= 11 is 11.8. The molecule has 1 aromatic heterocycles. The molecule has 0 bridgehead atoms. The third-order valence-electron chi connectivity index (χ3n) is 3.33. The summed E-state index contributed by atoms with van der Waals surface area (Å²) in [5, 5.41) is 18.3. The third-order valence-corrected chi connectivity index (χ3v) is 4.66. The fourth-order valence-electron chi connectivity index (χ4n) is 2.03. The molecule has 0 aliphatic carbocycles. The van der Waals surface area contributed by atoms with E-state index in [9.17, 15) is 18.1 Å². The monoisotopic (exact) mass is 438 g/mol. The molecular weight excluding hydrogens is 429 g/mol. The molecule has 3 aromatic rings. The van der Waals surface area contributed by atoms with Crippen molar-refractivity contribution < 1.29 is 22.8 Å². The molecule has 1 heterocycles. The number of hydrogen-bond donors (Lipinski definition) is 1. The van der Waals surface area contributed by atoms with E-state index in [0.29, 0.717) is 5.02 Å². The van der Waals surface area contributed by atoms with E-state index in [-0.39, 0.29) is 38.7 Å². The topological polar surface area (TPSA) is 124 Å². The Bertz CT molecular complexity index is 1150. The minimum atomic E-state index is -4.54. The molecule has 144 valence electrons. The third kappa shape index (κ3) is 4.96. The Labute approximate surface area is 169 Å². The predicted octanol–water partition coefficient (Wildman–Crippen LogP) is 5.21. The second-order valence-electron chi connectivity index (χ2n) is 5.34. The first-order valence-electron chi connectivity index (χ1n) is 7.52. The van der Waals surface area contributed by atoms with Gasteiger partial charge in [-0.3, -0.25) is 0 Å². The molecule has 0 amide bonds. The summed E-state index contributed by atoms with van der Waals surface area (Å²) in [6.45, 7) is 0. The van der Waals surface area contributed by atoms with Crippen molar-refractivity contribution in [1.29, 1.82) is 0 Å². The smallest absolute Gasteiger partial charge is 0.238 e. The van der Waals surface area contributed by atoms with Crippen molar-refractivity contribution in [2.24, 2.45) is 10.2 Å². The summed E-state index contributed by atoms with van der Waals surface area (Å²) < 4.78 is 38.3. The Morgan fingerprint density at radius 2 is 1.75 bits per heavy atom. The molecule has 3 rings (SSSR count).